The van der Waals surface area contributed by atoms with Gasteiger partial charge in [-0.15, -0.1) is 0 Å². The van der Waals surface area contributed by atoms with Crippen LogP contribution in [0.25, 0.3) is 0 Å². The highest BCUT2D eigenvalue weighted by Gasteiger charge is 2.38. The Hall–Kier alpha value is -2.92. The van der Waals surface area contributed by atoms with Gasteiger partial charge in [-0.25, -0.2) is 4.39 Å². The molecular weight excluding hydrogens is 503 g/mol. The fourth-order valence-corrected chi connectivity index (χ4v) is 5.98. The second-order valence-corrected chi connectivity index (χ2v) is 10.9. The molecule has 0 saturated heterocycles. The molecular formula is C30H28BrFN2O. The lowest BCUT2D eigenvalue weighted by molar-refractivity contribution is -0.129. The van der Waals surface area contributed by atoms with E-state index in [1.807, 2.05) is 24.0 Å². The Balaban J connectivity index is 1.39. The number of hydrogen-bond donors (Lipinski definition) is 0. The van der Waals surface area contributed by atoms with Crippen LogP contribution in [0, 0.1) is 11.7 Å². The summed E-state index contributed by atoms with van der Waals surface area (Å²) in [6.45, 7) is 4.88. The number of fused-ring (bicyclic) bond motifs is 2. The van der Waals surface area contributed by atoms with E-state index in [9.17, 15) is 9.18 Å². The molecule has 0 aromatic heterocycles. The number of benzene rings is 2. The molecule has 0 spiro atoms. The summed E-state index contributed by atoms with van der Waals surface area (Å²) in [6.07, 6.45) is 11.5. The summed E-state index contributed by atoms with van der Waals surface area (Å²) in [6, 6.07) is 13.7. The van der Waals surface area contributed by atoms with Crippen molar-refractivity contribution < 1.29 is 9.18 Å². The Kier molecular flexibility index (Phi) is 5.56. The molecule has 1 unspecified atom stereocenters. The number of carbonyl (C=O) groups excluding carboxylic acids is 1. The largest absolute Gasteiger partial charge is 0.332 e. The second-order valence-electron chi connectivity index (χ2n) is 9.96. The number of amides is 1. The number of hydrogen-bond acceptors (Lipinski definition) is 2. The molecule has 3 nitrogen and oxygen atoms in total. The molecule has 2 aromatic rings. The Morgan fingerprint density at radius 1 is 1.11 bits per heavy atom. The lowest BCUT2D eigenvalue weighted by atomic mass is 9.88. The van der Waals surface area contributed by atoms with Crippen molar-refractivity contribution in [1.82, 2.24) is 9.80 Å². The van der Waals surface area contributed by atoms with Crippen molar-refractivity contribution in [3.63, 3.8) is 0 Å². The molecule has 1 amide bonds. The minimum Gasteiger partial charge on any atom is -0.332 e. The molecule has 1 aliphatic carbocycles. The molecule has 3 heterocycles. The summed E-state index contributed by atoms with van der Waals surface area (Å²) < 4.78 is 15.5. The Morgan fingerprint density at radius 3 is 2.69 bits per heavy atom. The van der Waals surface area contributed by atoms with Crippen molar-refractivity contribution in [2.75, 3.05) is 6.54 Å². The van der Waals surface area contributed by atoms with Gasteiger partial charge < -0.3 is 9.80 Å². The van der Waals surface area contributed by atoms with Gasteiger partial charge in [0, 0.05) is 40.1 Å². The number of allylic oxidation sites excluding steroid dienone is 4. The minimum atomic E-state index is -0.230. The van der Waals surface area contributed by atoms with Crippen LogP contribution < -0.4 is 0 Å². The van der Waals surface area contributed by atoms with Crippen LogP contribution >= 0.6 is 15.9 Å². The molecule has 0 radical (unpaired) electrons. The summed E-state index contributed by atoms with van der Waals surface area (Å²) in [5, 5.41) is 0. The molecule has 5 heteroatoms. The third kappa shape index (κ3) is 3.90. The van der Waals surface area contributed by atoms with Crippen LogP contribution in [0.5, 0.6) is 0 Å². The minimum absolute atomic E-state index is 0.0356. The molecule has 1 fully saturated rings. The van der Waals surface area contributed by atoms with Gasteiger partial charge in [0.2, 0.25) is 0 Å². The van der Waals surface area contributed by atoms with Crippen molar-refractivity contribution in [2.24, 2.45) is 5.92 Å². The van der Waals surface area contributed by atoms with E-state index in [-0.39, 0.29) is 23.7 Å². The van der Waals surface area contributed by atoms with Gasteiger partial charge in [-0.05, 0) is 85.6 Å². The van der Waals surface area contributed by atoms with Gasteiger partial charge in [0.05, 0.1) is 6.04 Å². The Labute approximate surface area is 214 Å². The maximum absolute atomic E-state index is 14.8. The molecule has 2 aromatic carbocycles. The van der Waals surface area contributed by atoms with E-state index in [4.69, 9.17) is 0 Å². The smallest absolute Gasteiger partial charge is 0.254 e. The molecule has 35 heavy (non-hydrogen) atoms. The molecule has 2 atom stereocenters. The first-order chi connectivity index (χ1) is 16.9. The molecule has 6 rings (SSSR count). The highest BCUT2D eigenvalue weighted by Crippen LogP contribution is 2.46. The van der Waals surface area contributed by atoms with Gasteiger partial charge in [-0.2, -0.15) is 0 Å². The highest BCUT2D eigenvalue weighted by molar-refractivity contribution is 9.10. The predicted molar refractivity (Wildman–Crippen MR) is 140 cm³/mol. The zero-order valence-electron chi connectivity index (χ0n) is 20.0. The maximum atomic E-state index is 14.8. The molecule has 3 aliphatic heterocycles. The first-order valence-corrected chi connectivity index (χ1v) is 13.2. The van der Waals surface area contributed by atoms with Gasteiger partial charge in [0.1, 0.15) is 5.82 Å². The number of halogens is 2. The van der Waals surface area contributed by atoms with Gasteiger partial charge >= 0.3 is 0 Å². The first-order valence-electron chi connectivity index (χ1n) is 12.4. The van der Waals surface area contributed by atoms with Gasteiger partial charge in [0.25, 0.3) is 5.91 Å². The quantitative estimate of drug-likeness (QED) is 0.420. The topological polar surface area (TPSA) is 23.6 Å². The van der Waals surface area contributed by atoms with E-state index >= 15 is 0 Å². The predicted octanol–water partition coefficient (Wildman–Crippen LogP) is 7.15. The first kappa shape index (κ1) is 22.5. The molecule has 178 valence electrons. The zero-order chi connectivity index (χ0) is 24.3. The van der Waals surface area contributed by atoms with E-state index in [2.05, 4.69) is 76.4 Å². The SMILES string of the molecule is CC1=C(C(=O)N2CCc3ccccc3[C@H]2C)C=C(C2CC2)N2C=CC(c3ccc(Br)cc3F)C=C12. The summed E-state index contributed by atoms with van der Waals surface area (Å²) >= 11 is 3.35. The van der Waals surface area contributed by atoms with Crippen LogP contribution in [-0.4, -0.2) is 22.3 Å². The molecule has 4 aliphatic rings. The van der Waals surface area contributed by atoms with Crippen LogP contribution in [0.3, 0.4) is 0 Å². The normalized spacial score (nSPS) is 23.5. The monoisotopic (exact) mass is 530 g/mol. The highest BCUT2D eigenvalue weighted by atomic mass is 79.9. The van der Waals surface area contributed by atoms with Crippen molar-refractivity contribution >= 4 is 21.8 Å². The van der Waals surface area contributed by atoms with Crippen molar-refractivity contribution in [3.05, 3.63) is 116 Å². The van der Waals surface area contributed by atoms with E-state index in [1.165, 1.54) is 22.9 Å². The fourth-order valence-electron chi connectivity index (χ4n) is 5.64. The van der Waals surface area contributed by atoms with Gasteiger partial charge in [-0.3, -0.25) is 4.79 Å². The van der Waals surface area contributed by atoms with Crippen LogP contribution in [0.15, 0.2) is 93.9 Å². The van der Waals surface area contributed by atoms with Crippen LogP contribution in [0.1, 0.15) is 55.3 Å². The number of rotatable bonds is 3. The van der Waals surface area contributed by atoms with Gasteiger partial charge in [-0.1, -0.05) is 52.3 Å². The molecule has 0 N–H and O–H groups in total. The molecule has 0 bridgehead atoms. The van der Waals surface area contributed by atoms with E-state index in [0.29, 0.717) is 11.5 Å². The van der Waals surface area contributed by atoms with E-state index in [1.54, 1.807) is 0 Å². The van der Waals surface area contributed by atoms with Crippen LogP contribution in [0.2, 0.25) is 0 Å². The lowest BCUT2D eigenvalue weighted by Crippen LogP contribution is -2.40. The summed E-state index contributed by atoms with van der Waals surface area (Å²) in [5.41, 5.74) is 7.11. The standard InChI is InChI=1S/C30H28BrFN2O/c1-18-26(30(35)33-13-11-20-5-3-4-6-24(20)19(33)2)17-29(21-7-8-21)34-14-12-22(15-28(18)34)25-10-9-23(31)16-27(25)32/h3-6,9-10,12,14-17,19,21-22H,7-8,11,13H2,1-2H3/t19-,22?/m1/s1. The van der Waals surface area contributed by atoms with Gasteiger partial charge in [0.15, 0.2) is 0 Å². The van der Waals surface area contributed by atoms with E-state index < -0.39 is 0 Å². The summed E-state index contributed by atoms with van der Waals surface area (Å²) in [4.78, 5) is 18.2. The third-order valence-corrected chi connectivity index (χ3v) is 8.29. The zero-order valence-corrected chi connectivity index (χ0v) is 21.6. The van der Waals surface area contributed by atoms with Crippen molar-refractivity contribution in [2.45, 2.75) is 45.1 Å². The number of carbonyl (C=O) groups is 1. The van der Waals surface area contributed by atoms with Crippen LogP contribution in [-0.2, 0) is 11.2 Å². The fraction of sp³-hybridized carbons (Fsp3) is 0.300. The van der Waals surface area contributed by atoms with E-state index in [0.717, 1.165) is 47.1 Å². The Bertz CT molecular complexity index is 1350. The van der Waals surface area contributed by atoms with Crippen molar-refractivity contribution in [1.29, 1.82) is 0 Å². The summed E-state index contributed by atoms with van der Waals surface area (Å²) in [5.74, 6) is 0.148. The maximum Gasteiger partial charge on any atom is 0.254 e. The lowest BCUT2D eigenvalue weighted by Gasteiger charge is -2.39. The second kappa shape index (κ2) is 8.63. The number of nitrogens with zero attached hydrogens (tertiary/aromatic N) is 2. The summed E-state index contributed by atoms with van der Waals surface area (Å²) in [7, 11) is 0. The average Bonchev–Trinajstić information content (AvgIpc) is 3.70. The van der Waals surface area contributed by atoms with Crippen molar-refractivity contribution in [3.8, 4) is 0 Å². The van der Waals surface area contributed by atoms with Crippen LogP contribution in [0.4, 0.5) is 4.39 Å². The average molecular weight is 531 g/mol. The Morgan fingerprint density at radius 2 is 1.91 bits per heavy atom. The third-order valence-electron chi connectivity index (χ3n) is 7.80. The molecule has 1 saturated carbocycles.